The van der Waals surface area contributed by atoms with E-state index in [2.05, 4.69) is 21.7 Å². The van der Waals surface area contributed by atoms with E-state index in [0.717, 1.165) is 16.8 Å². The quantitative estimate of drug-likeness (QED) is 0.280. The van der Waals surface area contributed by atoms with E-state index in [4.69, 9.17) is 5.73 Å². The van der Waals surface area contributed by atoms with Crippen LogP contribution >= 0.6 is 24.0 Å². The van der Waals surface area contributed by atoms with Crippen LogP contribution in [0.2, 0.25) is 0 Å². The lowest BCUT2D eigenvalue weighted by atomic mass is 10.1. The Bertz CT molecular complexity index is 744. The second-order valence-electron chi connectivity index (χ2n) is 5.50. The van der Waals surface area contributed by atoms with E-state index >= 15 is 0 Å². The van der Waals surface area contributed by atoms with Crippen molar-refractivity contribution in [2.75, 3.05) is 18.4 Å². The topological polar surface area (TPSA) is 79.5 Å². The van der Waals surface area contributed by atoms with E-state index in [9.17, 15) is 9.18 Å². The highest BCUT2D eigenvalue weighted by atomic mass is 127. The molecule has 0 heterocycles. The van der Waals surface area contributed by atoms with Crippen LogP contribution in [0.5, 0.6) is 0 Å². The molecule has 1 amide bonds. The summed E-state index contributed by atoms with van der Waals surface area (Å²) in [5.74, 6) is -0.751. The molecular weight excluding hydrogens is 434 g/mol. The van der Waals surface area contributed by atoms with Gasteiger partial charge in [-0.25, -0.2) is 4.39 Å². The van der Waals surface area contributed by atoms with Crippen LogP contribution in [0.25, 0.3) is 0 Å². The molecule has 0 saturated heterocycles. The van der Waals surface area contributed by atoms with Crippen LogP contribution in [0.15, 0.2) is 47.5 Å². The van der Waals surface area contributed by atoms with Gasteiger partial charge in [-0.3, -0.25) is 9.79 Å². The maximum atomic E-state index is 13.5. The summed E-state index contributed by atoms with van der Waals surface area (Å²) in [6.07, 6.45) is 0. The molecule has 5 nitrogen and oxygen atoms in total. The van der Waals surface area contributed by atoms with Crippen molar-refractivity contribution in [1.29, 1.82) is 0 Å². The molecule has 2 aromatic carbocycles. The first-order valence-corrected chi connectivity index (χ1v) is 7.63. The summed E-state index contributed by atoms with van der Waals surface area (Å²) in [5, 5.41) is 5.62. The third-order valence-corrected chi connectivity index (χ3v) is 3.29. The smallest absolute Gasteiger partial charge is 0.254 e. The van der Waals surface area contributed by atoms with Gasteiger partial charge >= 0.3 is 0 Å². The number of anilines is 1. The zero-order valence-corrected chi connectivity index (χ0v) is 16.5. The lowest BCUT2D eigenvalue weighted by molar-refractivity contribution is 0.0951. The van der Waals surface area contributed by atoms with E-state index in [-0.39, 0.29) is 42.0 Å². The van der Waals surface area contributed by atoms with Crippen molar-refractivity contribution in [3.8, 4) is 0 Å². The molecule has 0 bridgehead atoms. The molecule has 0 aliphatic rings. The molecule has 0 fully saturated rings. The van der Waals surface area contributed by atoms with Crippen molar-refractivity contribution in [3.63, 3.8) is 0 Å². The zero-order chi connectivity index (χ0) is 17.5. The number of carbonyl (C=O) groups excluding carboxylic acids is 1. The van der Waals surface area contributed by atoms with Gasteiger partial charge in [-0.2, -0.15) is 0 Å². The first-order valence-electron chi connectivity index (χ1n) is 7.63. The monoisotopic (exact) mass is 456 g/mol. The largest absolute Gasteiger partial charge is 0.370 e. The van der Waals surface area contributed by atoms with E-state index in [1.54, 1.807) is 6.07 Å². The van der Waals surface area contributed by atoms with Crippen molar-refractivity contribution >= 4 is 41.5 Å². The van der Waals surface area contributed by atoms with E-state index in [1.165, 1.54) is 18.2 Å². The van der Waals surface area contributed by atoms with Gasteiger partial charge in [-0.1, -0.05) is 18.2 Å². The average molecular weight is 456 g/mol. The van der Waals surface area contributed by atoms with Crippen molar-refractivity contribution in [1.82, 2.24) is 5.32 Å². The summed E-state index contributed by atoms with van der Waals surface area (Å²) in [6, 6.07) is 11.8. The fourth-order valence-corrected chi connectivity index (χ4v) is 2.32. The lowest BCUT2D eigenvalue weighted by Crippen LogP contribution is -2.29. The molecule has 0 saturated carbocycles. The van der Waals surface area contributed by atoms with Gasteiger partial charge in [0.1, 0.15) is 5.82 Å². The van der Waals surface area contributed by atoms with Gasteiger partial charge in [0.05, 0.1) is 12.1 Å². The summed E-state index contributed by atoms with van der Waals surface area (Å²) in [7, 11) is 0. The summed E-state index contributed by atoms with van der Waals surface area (Å²) in [6.45, 7) is 4.57. The number of rotatable bonds is 5. The zero-order valence-electron chi connectivity index (χ0n) is 14.2. The van der Waals surface area contributed by atoms with Crippen LogP contribution in [0.4, 0.5) is 10.1 Å². The Hall–Kier alpha value is -2.16. The van der Waals surface area contributed by atoms with Crippen LogP contribution in [-0.4, -0.2) is 25.0 Å². The Labute approximate surface area is 163 Å². The molecular formula is C18H22FIN4O. The number of hydrogen-bond acceptors (Lipinski definition) is 2. The first kappa shape index (κ1) is 20.9. The van der Waals surface area contributed by atoms with Crippen molar-refractivity contribution in [2.45, 2.75) is 13.8 Å². The van der Waals surface area contributed by atoms with Gasteiger partial charge in [0, 0.05) is 12.2 Å². The highest BCUT2D eigenvalue weighted by molar-refractivity contribution is 14.0. The molecule has 0 spiro atoms. The molecule has 2 aromatic rings. The summed E-state index contributed by atoms with van der Waals surface area (Å²) in [5.41, 5.74) is 8.96. The fourth-order valence-electron chi connectivity index (χ4n) is 2.32. The standard InChI is InChI=1S/C18H21FN4O.HI/c1-12-9-13(2)11-14(10-12)23-18(20)22-8-7-21-17(24)15-5-3-4-6-16(15)19;/h3-6,9-11H,7-8H2,1-2H3,(H,21,24)(H3,20,22,23);1H. The highest BCUT2D eigenvalue weighted by Gasteiger charge is 2.09. The Morgan fingerprint density at radius 3 is 2.44 bits per heavy atom. The van der Waals surface area contributed by atoms with Gasteiger partial charge in [0.25, 0.3) is 5.91 Å². The number of nitrogens with zero attached hydrogens (tertiary/aromatic N) is 1. The number of amides is 1. The van der Waals surface area contributed by atoms with E-state index in [1.807, 2.05) is 26.0 Å². The predicted molar refractivity (Wildman–Crippen MR) is 110 cm³/mol. The summed E-state index contributed by atoms with van der Waals surface area (Å²) >= 11 is 0. The molecule has 0 unspecified atom stereocenters. The van der Waals surface area contributed by atoms with Crippen molar-refractivity contribution < 1.29 is 9.18 Å². The number of halogens is 2. The number of nitrogens with two attached hydrogens (primary N) is 1. The van der Waals surface area contributed by atoms with Gasteiger partial charge < -0.3 is 16.4 Å². The van der Waals surface area contributed by atoms with Crippen molar-refractivity contribution in [2.24, 2.45) is 10.7 Å². The maximum Gasteiger partial charge on any atom is 0.254 e. The average Bonchev–Trinajstić information content (AvgIpc) is 2.50. The lowest BCUT2D eigenvalue weighted by Gasteiger charge is -2.08. The molecule has 4 N–H and O–H groups in total. The first-order chi connectivity index (χ1) is 11.5. The second-order valence-corrected chi connectivity index (χ2v) is 5.50. The minimum absolute atomic E-state index is 0. The Morgan fingerprint density at radius 1 is 1.16 bits per heavy atom. The number of guanidine groups is 1. The molecule has 0 aliphatic carbocycles. The van der Waals surface area contributed by atoms with E-state index < -0.39 is 11.7 Å². The van der Waals surface area contributed by atoms with Crippen LogP contribution in [0, 0.1) is 19.7 Å². The minimum atomic E-state index is -0.547. The van der Waals surface area contributed by atoms with Gasteiger partial charge in [0.2, 0.25) is 0 Å². The molecule has 134 valence electrons. The van der Waals surface area contributed by atoms with Crippen LogP contribution in [-0.2, 0) is 0 Å². The highest BCUT2D eigenvalue weighted by Crippen LogP contribution is 2.13. The molecule has 0 aliphatic heterocycles. The number of carbonyl (C=O) groups is 1. The van der Waals surface area contributed by atoms with Crippen LogP contribution < -0.4 is 16.4 Å². The molecule has 2 rings (SSSR count). The number of aliphatic imine (C=N–C) groups is 1. The predicted octanol–water partition coefficient (Wildman–Crippen LogP) is 3.22. The molecule has 0 atom stereocenters. The van der Waals surface area contributed by atoms with Crippen LogP contribution in [0.3, 0.4) is 0 Å². The van der Waals surface area contributed by atoms with Gasteiger partial charge in [-0.15, -0.1) is 24.0 Å². The Morgan fingerprint density at radius 2 is 1.80 bits per heavy atom. The minimum Gasteiger partial charge on any atom is -0.370 e. The molecule has 0 radical (unpaired) electrons. The van der Waals surface area contributed by atoms with Gasteiger partial charge in [-0.05, 0) is 49.2 Å². The molecule has 7 heteroatoms. The third kappa shape index (κ3) is 6.69. The Balaban J connectivity index is 0.00000312. The van der Waals surface area contributed by atoms with E-state index in [0.29, 0.717) is 6.54 Å². The molecule has 0 aromatic heterocycles. The summed E-state index contributed by atoms with van der Waals surface area (Å²) in [4.78, 5) is 16.0. The number of hydrogen-bond donors (Lipinski definition) is 3. The number of aryl methyl sites for hydroxylation is 2. The number of benzene rings is 2. The summed E-state index contributed by atoms with van der Waals surface area (Å²) < 4.78 is 13.5. The third-order valence-electron chi connectivity index (χ3n) is 3.29. The number of nitrogens with one attached hydrogen (secondary N) is 2. The Kier molecular flexibility index (Phi) is 8.33. The normalized spacial score (nSPS) is 10.8. The molecule has 25 heavy (non-hydrogen) atoms. The van der Waals surface area contributed by atoms with Crippen molar-refractivity contribution in [3.05, 3.63) is 65.0 Å². The maximum absolute atomic E-state index is 13.5. The van der Waals surface area contributed by atoms with Crippen LogP contribution in [0.1, 0.15) is 21.5 Å². The fraction of sp³-hybridized carbons (Fsp3) is 0.222. The van der Waals surface area contributed by atoms with Gasteiger partial charge in [0.15, 0.2) is 5.96 Å². The SMILES string of the molecule is Cc1cc(C)cc(NC(N)=NCCNC(=O)c2ccccc2F)c1.I. The second kappa shape index (κ2) is 9.97.